The number of fused-ring (bicyclic) bond motifs is 2. The summed E-state index contributed by atoms with van der Waals surface area (Å²) in [4.78, 5) is 9.64. The molecule has 0 saturated carbocycles. The van der Waals surface area contributed by atoms with Crippen LogP contribution in [0.4, 0.5) is 34.1 Å². The first-order valence-electron chi connectivity index (χ1n) is 14.5. The van der Waals surface area contributed by atoms with Crippen molar-refractivity contribution in [1.29, 1.82) is 0 Å². The number of hydrogen-bond donors (Lipinski definition) is 0. The highest BCUT2D eigenvalue weighted by Gasteiger charge is 2.30. The second-order valence-corrected chi connectivity index (χ2v) is 10.5. The van der Waals surface area contributed by atoms with E-state index in [-0.39, 0.29) is 0 Å². The number of hydrogen-bond acceptors (Lipinski definition) is 3. The minimum atomic E-state index is 0.909. The van der Waals surface area contributed by atoms with Gasteiger partial charge < -0.3 is 9.80 Å². The third-order valence-electron chi connectivity index (χ3n) is 7.97. The van der Waals surface area contributed by atoms with Crippen LogP contribution in [0.3, 0.4) is 0 Å². The number of imidazole rings is 1. The molecule has 6 aromatic carbocycles. The van der Waals surface area contributed by atoms with E-state index >= 15 is 0 Å². The lowest BCUT2D eigenvalue weighted by Crippen LogP contribution is -2.23. The number of aromatic nitrogens is 2. The molecule has 0 spiro atoms. The number of nitrogens with zero attached hydrogens (tertiary/aromatic N) is 4. The van der Waals surface area contributed by atoms with E-state index in [9.17, 15) is 0 Å². The molecule has 1 aliphatic rings. The summed E-state index contributed by atoms with van der Waals surface area (Å²) in [6.07, 6.45) is 1.97. The van der Waals surface area contributed by atoms with Gasteiger partial charge in [-0.25, -0.2) is 4.98 Å². The van der Waals surface area contributed by atoms with Crippen LogP contribution in [-0.2, 0) is 0 Å². The van der Waals surface area contributed by atoms with Crippen LogP contribution in [0.15, 0.2) is 170 Å². The van der Waals surface area contributed by atoms with Gasteiger partial charge in [-0.2, -0.15) is 0 Å². The molecule has 0 saturated heterocycles. The number of rotatable bonds is 5. The van der Waals surface area contributed by atoms with E-state index in [2.05, 4.69) is 166 Å². The van der Waals surface area contributed by atoms with Gasteiger partial charge in [0.15, 0.2) is 0 Å². The van der Waals surface area contributed by atoms with Crippen molar-refractivity contribution >= 4 is 34.1 Å². The first-order valence-corrected chi connectivity index (χ1v) is 14.5. The second-order valence-electron chi connectivity index (χ2n) is 10.5. The Hall–Kier alpha value is -5.87. The average molecular weight is 553 g/mol. The third kappa shape index (κ3) is 4.28. The molecule has 7 aromatic rings. The molecular formula is C39H28N4. The Morgan fingerprint density at radius 2 is 0.767 bits per heavy atom. The SMILES string of the molecule is c1ccc(-c2cnc(-c3ccc(N4c5ccccc5N(c5ccccc5)c5ccccc54)cc3)n2-c2ccccc2)cc1. The van der Waals surface area contributed by atoms with E-state index in [1.807, 2.05) is 18.3 Å². The average Bonchev–Trinajstić information content (AvgIpc) is 3.54. The normalized spacial score (nSPS) is 12.1. The fourth-order valence-corrected chi connectivity index (χ4v) is 6.04. The molecule has 0 radical (unpaired) electrons. The monoisotopic (exact) mass is 552 g/mol. The third-order valence-corrected chi connectivity index (χ3v) is 7.97. The van der Waals surface area contributed by atoms with Crippen molar-refractivity contribution < 1.29 is 0 Å². The van der Waals surface area contributed by atoms with Crippen LogP contribution >= 0.6 is 0 Å². The molecule has 8 rings (SSSR count). The first-order chi connectivity index (χ1) is 21.4. The van der Waals surface area contributed by atoms with Gasteiger partial charge in [-0.1, -0.05) is 91.0 Å². The summed E-state index contributed by atoms with van der Waals surface area (Å²) < 4.78 is 2.24. The topological polar surface area (TPSA) is 24.3 Å². The molecule has 0 bridgehead atoms. The highest BCUT2D eigenvalue weighted by atomic mass is 15.3. The van der Waals surface area contributed by atoms with Gasteiger partial charge in [0.25, 0.3) is 0 Å². The molecule has 43 heavy (non-hydrogen) atoms. The first kappa shape index (κ1) is 24.9. The quantitative estimate of drug-likeness (QED) is 0.212. The summed E-state index contributed by atoms with van der Waals surface area (Å²) in [6, 6.07) is 57.5. The van der Waals surface area contributed by atoms with Gasteiger partial charge in [0, 0.05) is 28.2 Å². The standard InChI is InChI=1S/C39H28N4/c1-4-14-29(15-5-1)38-28-40-39(43(38)32-18-8-3-9-19-32)30-24-26-33(27-25-30)42-36-22-12-10-20-34(36)41(31-16-6-2-7-17-31)35-21-11-13-23-37(35)42/h1-28H. The van der Waals surface area contributed by atoms with Gasteiger partial charge in [-0.15, -0.1) is 0 Å². The minimum absolute atomic E-state index is 0.909. The van der Waals surface area contributed by atoms with Crippen molar-refractivity contribution in [3.8, 4) is 28.3 Å². The number of benzene rings is 6. The maximum Gasteiger partial charge on any atom is 0.144 e. The fourth-order valence-electron chi connectivity index (χ4n) is 6.04. The van der Waals surface area contributed by atoms with Gasteiger partial charge in [-0.05, 0) is 72.8 Å². The zero-order chi connectivity index (χ0) is 28.6. The van der Waals surface area contributed by atoms with E-state index in [1.165, 1.54) is 0 Å². The highest BCUT2D eigenvalue weighted by molar-refractivity contribution is 6.01. The predicted molar refractivity (Wildman–Crippen MR) is 177 cm³/mol. The molecule has 4 heteroatoms. The maximum atomic E-state index is 4.94. The molecule has 4 nitrogen and oxygen atoms in total. The molecule has 0 aliphatic carbocycles. The van der Waals surface area contributed by atoms with Gasteiger partial charge in [0.2, 0.25) is 0 Å². The zero-order valence-electron chi connectivity index (χ0n) is 23.5. The summed E-state index contributed by atoms with van der Waals surface area (Å²) in [5, 5.41) is 0. The maximum absolute atomic E-state index is 4.94. The van der Waals surface area contributed by atoms with Crippen LogP contribution in [0.5, 0.6) is 0 Å². The van der Waals surface area contributed by atoms with Gasteiger partial charge in [0.05, 0.1) is 34.6 Å². The predicted octanol–water partition coefficient (Wildman–Crippen LogP) is 10.5. The van der Waals surface area contributed by atoms with E-state index in [4.69, 9.17) is 4.98 Å². The minimum Gasteiger partial charge on any atom is -0.306 e. The number of anilines is 6. The molecule has 0 unspecified atom stereocenters. The Balaban J connectivity index is 1.24. The van der Waals surface area contributed by atoms with Crippen LogP contribution in [0.1, 0.15) is 0 Å². The molecule has 1 aliphatic heterocycles. The van der Waals surface area contributed by atoms with Crippen LogP contribution in [0.2, 0.25) is 0 Å². The summed E-state index contributed by atoms with van der Waals surface area (Å²) in [6.45, 7) is 0. The van der Waals surface area contributed by atoms with E-state index in [0.717, 1.165) is 62.5 Å². The van der Waals surface area contributed by atoms with Crippen molar-refractivity contribution in [3.63, 3.8) is 0 Å². The van der Waals surface area contributed by atoms with Crippen molar-refractivity contribution in [1.82, 2.24) is 9.55 Å². The van der Waals surface area contributed by atoms with Gasteiger partial charge >= 0.3 is 0 Å². The second kappa shape index (κ2) is 10.5. The molecule has 0 atom stereocenters. The summed E-state index contributed by atoms with van der Waals surface area (Å²) >= 11 is 0. The van der Waals surface area contributed by atoms with Crippen LogP contribution in [-0.4, -0.2) is 9.55 Å². The highest BCUT2D eigenvalue weighted by Crippen LogP contribution is 2.53. The van der Waals surface area contributed by atoms with Gasteiger partial charge in [0.1, 0.15) is 5.82 Å². The van der Waals surface area contributed by atoms with Gasteiger partial charge in [-0.3, -0.25) is 4.57 Å². The Labute approximate surface area is 251 Å². The number of para-hydroxylation sites is 6. The van der Waals surface area contributed by atoms with Crippen LogP contribution in [0.25, 0.3) is 28.3 Å². The Kier molecular flexibility index (Phi) is 6.08. The summed E-state index contributed by atoms with van der Waals surface area (Å²) in [7, 11) is 0. The largest absolute Gasteiger partial charge is 0.306 e. The summed E-state index contributed by atoms with van der Waals surface area (Å²) in [5.41, 5.74) is 11.1. The van der Waals surface area contributed by atoms with Crippen LogP contribution in [0, 0.1) is 0 Å². The molecular weight excluding hydrogens is 524 g/mol. The van der Waals surface area contributed by atoms with Crippen molar-refractivity contribution in [3.05, 3.63) is 170 Å². The lowest BCUT2D eigenvalue weighted by Gasteiger charge is -2.40. The van der Waals surface area contributed by atoms with Crippen LogP contribution < -0.4 is 9.80 Å². The Morgan fingerprint density at radius 3 is 1.28 bits per heavy atom. The zero-order valence-corrected chi connectivity index (χ0v) is 23.5. The van der Waals surface area contributed by atoms with E-state index < -0.39 is 0 Å². The lowest BCUT2D eigenvalue weighted by molar-refractivity contribution is 1.07. The fraction of sp³-hybridized carbons (Fsp3) is 0. The molecule has 2 heterocycles. The van der Waals surface area contributed by atoms with E-state index in [0.29, 0.717) is 0 Å². The molecule has 0 amide bonds. The molecule has 204 valence electrons. The smallest absolute Gasteiger partial charge is 0.144 e. The molecule has 1 aromatic heterocycles. The van der Waals surface area contributed by atoms with Crippen molar-refractivity contribution in [2.45, 2.75) is 0 Å². The molecule has 0 fully saturated rings. The molecule has 0 N–H and O–H groups in total. The summed E-state index contributed by atoms with van der Waals surface area (Å²) in [5.74, 6) is 0.909. The Bertz CT molecular complexity index is 1970. The van der Waals surface area contributed by atoms with Crippen molar-refractivity contribution in [2.24, 2.45) is 0 Å². The van der Waals surface area contributed by atoms with Crippen molar-refractivity contribution in [2.75, 3.05) is 9.80 Å². The Morgan fingerprint density at radius 1 is 0.349 bits per heavy atom. The van der Waals surface area contributed by atoms with E-state index in [1.54, 1.807) is 0 Å². The lowest BCUT2D eigenvalue weighted by atomic mass is 10.0.